The van der Waals surface area contributed by atoms with Gasteiger partial charge in [-0.2, -0.15) is 0 Å². The van der Waals surface area contributed by atoms with Crippen molar-refractivity contribution in [1.29, 1.82) is 0 Å². The molecule has 1 N–H and O–H groups in total. The molecule has 39 heavy (non-hydrogen) atoms. The van der Waals surface area contributed by atoms with Gasteiger partial charge in [0.15, 0.2) is 0 Å². The molecule has 0 heterocycles. The van der Waals surface area contributed by atoms with Crippen molar-refractivity contribution >= 4 is 50.7 Å². The Labute approximate surface area is 239 Å². The first-order valence-corrected chi connectivity index (χ1v) is 14.4. The molecule has 0 fully saturated rings. The zero-order chi connectivity index (χ0) is 28.7. The maximum atomic E-state index is 14.0. The standard InChI is InChI=1S/C28H31Cl2N3O5S/c1-5-24(28(35)31-3)32(17-20-12-13-21(29)16-23(20)30)27(34)18-33(25-8-6-7-9-26(25)38-4)39(36,37)22-14-10-19(2)11-15-22/h6-16,24H,5,17-18H2,1-4H3,(H,31,35)/t24-/m1/s1. The number of nitrogens with zero attached hydrogens (tertiary/aromatic N) is 2. The Balaban J connectivity index is 2.12. The van der Waals surface area contributed by atoms with Crippen LogP contribution in [0.15, 0.2) is 71.6 Å². The van der Waals surface area contributed by atoms with Crippen molar-refractivity contribution in [3.05, 3.63) is 87.9 Å². The molecule has 0 aromatic heterocycles. The van der Waals surface area contributed by atoms with E-state index in [4.69, 9.17) is 27.9 Å². The second kappa shape index (κ2) is 13.2. The monoisotopic (exact) mass is 591 g/mol. The number of ether oxygens (including phenoxy) is 1. The van der Waals surface area contributed by atoms with Crippen molar-refractivity contribution in [3.63, 3.8) is 0 Å². The van der Waals surface area contributed by atoms with Gasteiger partial charge in [-0.1, -0.05) is 66.0 Å². The lowest BCUT2D eigenvalue weighted by atomic mass is 10.1. The minimum absolute atomic E-state index is 0.0115. The van der Waals surface area contributed by atoms with Gasteiger partial charge in [-0.3, -0.25) is 13.9 Å². The Hall–Kier alpha value is -3.27. The Kier molecular flexibility index (Phi) is 10.2. The van der Waals surface area contributed by atoms with Crippen LogP contribution < -0.4 is 14.4 Å². The van der Waals surface area contributed by atoms with Crippen molar-refractivity contribution in [1.82, 2.24) is 10.2 Å². The molecule has 0 bridgehead atoms. The summed E-state index contributed by atoms with van der Waals surface area (Å²) in [7, 11) is -1.32. The van der Waals surface area contributed by atoms with Crippen LogP contribution in [0.2, 0.25) is 10.0 Å². The third-order valence-corrected chi connectivity index (χ3v) is 8.59. The first-order chi connectivity index (χ1) is 18.5. The topological polar surface area (TPSA) is 96.0 Å². The van der Waals surface area contributed by atoms with Gasteiger partial charge in [0.05, 0.1) is 17.7 Å². The molecule has 0 aliphatic heterocycles. The van der Waals surface area contributed by atoms with E-state index in [1.165, 1.54) is 31.2 Å². The molecule has 3 aromatic rings. The van der Waals surface area contributed by atoms with E-state index < -0.39 is 28.5 Å². The van der Waals surface area contributed by atoms with Crippen LogP contribution in [-0.2, 0) is 26.2 Å². The van der Waals surface area contributed by atoms with Crippen LogP contribution in [-0.4, -0.2) is 51.9 Å². The number of hydrogen-bond donors (Lipinski definition) is 1. The number of amides is 2. The number of sulfonamides is 1. The van der Waals surface area contributed by atoms with Gasteiger partial charge in [0.1, 0.15) is 18.3 Å². The van der Waals surface area contributed by atoms with Crippen molar-refractivity contribution in [2.75, 3.05) is 25.0 Å². The second-order valence-electron chi connectivity index (χ2n) is 8.79. The van der Waals surface area contributed by atoms with Gasteiger partial charge in [0.25, 0.3) is 10.0 Å². The molecule has 11 heteroatoms. The number of carbonyl (C=O) groups excluding carboxylic acids is 2. The molecule has 0 aliphatic carbocycles. The van der Waals surface area contributed by atoms with Crippen LogP contribution in [0.4, 0.5) is 5.69 Å². The molecule has 0 spiro atoms. The van der Waals surface area contributed by atoms with Crippen molar-refractivity contribution in [2.45, 2.75) is 37.8 Å². The van der Waals surface area contributed by atoms with Crippen molar-refractivity contribution in [2.24, 2.45) is 0 Å². The predicted molar refractivity (Wildman–Crippen MR) is 154 cm³/mol. The van der Waals surface area contributed by atoms with Crippen LogP contribution in [0, 0.1) is 6.92 Å². The van der Waals surface area contributed by atoms with Crippen LogP contribution in [0.1, 0.15) is 24.5 Å². The summed E-state index contributed by atoms with van der Waals surface area (Å²) >= 11 is 12.4. The van der Waals surface area contributed by atoms with Crippen molar-refractivity contribution < 1.29 is 22.7 Å². The van der Waals surface area contributed by atoms with Gasteiger partial charge in [0.2, 0.25) is 11.8 Å². The summed E-state index contributed by atoms with van der Waals surface area (Å²) in [5.41, 5.74) is 1.63. The number of methoxy groups -OCH3 is 1. The number of likely N-dealkylation sites (N-methyl/N-ethyl adjacent to an activating group) is 1. The van der Waals surface area contributed by atoms with Crippen LogP contribution in [0.5, 0.6) is 5.75 Å². The van der Waals surface area contributed by atoms with Gasteiger partial charge >= 0.3 is 0 Å². The maximum absolute atomic E-state index is 14.0. The summed E-state index contributed by atoms with van der Waals surface area (Å²) in [6.45, 7) is 2.99. The van der Waals surface area contributed by atoms with Gasteiger partial charge < -0.3 is 15.0 Å². The number of hydrogen-bond acceptors (Lipinski definition) is 5. The Morgan fingerprint density at radius 3 is 2.28 bits per heavy atom. The molecule has 8 nitrogen and oxygen atoms in total. The lowest BCUT2D eigenvalue weighted by molar-refractivity contribution is -0.140. The van der Waals surface area contributed by atoms with Gasteiger partial charge in [-0.05, 0) is 55.3 Å². The highest BCUT2D eigenvalue weighted by molar-refractivity contribution is 7.92. The fraction of sp³-hybridized carbons (Fsp3) is 0.286. The molecule has 2 amide bonds. The molecular weight excluding hydrogens is 561 g/mol. The smallest absolute Gasteiger partial charge is 0.264 e. The van der Waals surface area contributed by atoms with Crippen LogP contribution in [0.25, 0.3) is 0 Å². The van der Waals surface area contributed by atoms with E-state index in [0.29, 0.717) is 15.6 Å². The third-order valence-electron chi connectivity index (χ3n) is 6.23. The first-order valence-electron chi connectivity index (χ1n) is 12.2. The number of para-hydroxylation sites is 2. The van der Waals surface area contributed by atoms with E-state index in [1.54, 1.807) is 61.5 Å². The summed E-state index contributed by atoms with van der Waals surface area (Å²) in [4.78, 5) is 28.2. The van der Waals surface area contributed by atoms with E-state index in [9.17, 15) is 18.0 Å². The highest BCUT2D eigenvalue weighted by Crippen LogP contribution is 2.33. The number of nitrogens with one attached hydrogen (secondary N) is 1. The first kappa shape index (κ1) is 30.3. The van der Waals surface area contributed by atoms with Gasteiger partial charge in [0, 0.05) is 23.6 Å². The fourth-order valence-corrected chi connectivity index (χ4v) is 6.00. The van der Waals surface area contributed by atoms with E-state index >= 15 is 0 Å². The summed E-state index contributed by atoms with van der Waals surface area (Å²) in [6.07, 6.45) is 0.288. The Morgan fingerprint density at radius 2 is 1.69 bits per heavy atom. The predicted octanol–water partition coefficient (Wildman–Crippen LogP) is 5.06. The van der Waals surface area contributed by atoms with E-state index in [1.807, 2.05) is 6.92 Å². The number of halogens is 2. The molecule has 208 valence electrons. The SMILES string of the molecule is CC[C@H](C(=O)NC)N(Cc1ccc(Cl)cc1Cl)C(=O)CN(c1ccccc1OC)S(=O)(=O)c1ccc(C)cc1. The normalized spacial score (nSPS) is 11.9. The van der Waals surface area contributed by atoms with Crippen LogP contribution in [0.3, 0.4) is 0 Å². The number of anilines is 1. The molecular formula is C28H31Cl2N3O5S. The zero-order valence-electron chi connectivity index (χ0n) is 22.1. The summed E-state index contributed by atoms with van der Waals surface area (Å²) in [6, 6.07) is 16.9. The molecule has 0 radical (unpaired) electrons. The fourth-order valence-electron chi connectivity index (χ4n) is 4.11. The average molecular weight is 593 g/mol. The molecule has 1 atom stereocenters. The highest BCUT2D eigenvalue weighted by atomic mass is 35.5. The Bertz CT molecular complexity index is 1430. The number of benzene rings is 3. The summed E-state index contributed by atoms with van der Waals surface area (Å²) in [5, 5.41) is 3.33. The van der Waals surface area contributed by atoms with Gasteiger partial charge in [-0.15, -0.1) is 0 Å². The van der Waals surface area contributed by atoms with E-state index in [-0.39, 0.29) is 35.2 Å². The highest BCUT2D eigenvalue weighted by Gasteiger charge is 2.34. The molecule has 3 aromatic carbocycles. The Morgan fingerprint density at radius 1 is 1.03 bits per heavy atom. The van der Waals surface area contributed by atoms with Crippen LogP contribution >= 0.6 is 23.2 Å². The lowest BCUT2D eigenvalue weighted by Crippen LogP contribution is -2.51. The van der Waals surface area contributed by atoms with Crippen molar-refractivity contribution in [3.8, 4) is 5.75 Å². The molecule has 0 unspecified atom stereocenters. The lowest BCUT2D eigenvalue weighted by Gasteiger charge is -2.33. The zero-order valence-corrected chi connectivity index (χ0v) is 24.5. The van der Waals surface area contributed by atoms with Gasteiger partial charge in [-0.25, -0.2) is 8.42 Å². The van der Waals surface area contributed by atoms with E-state index in [2.05, 4.69) is 5.32 Å². The molecule has 0 saturated heterocycles. The van der Waals surface area contributed by atoms with E-state index in [0.717, 1.165) is 9.87 Å². The molecule has 0 aliphatic rings. The quantitative estimate of drug-likeness (QED) is 0.336. The average Bonchev–Trinajstić information content (AvgIpc) is 2.92. The molecule has 0 saturated carbocycles. The number of aryl methyl sites for hydroxylation is 1. The minimum Gasteiger partial charge on any atom is -0.495 e. The maximum Gasteiger partial charge on any atom is 0.264 e. The largest absolute Gasteiger partial charge is 0.495 e. The summed E-state index contributed by atoms with van der Waals surface area (Å²) in [5.74, 6) is -0.717. The number of rotatable bonds is 11. The molecule has 3 rings (SSSR count). The minimum atomic E-state index is -4.22. The number of carbonyl (C=O) groups is 2. The summed E-state index contributed by atoms with van der Waals surface area (Å²) < 4.78 is 34.3. The second-order valence-corrected chi connectivity index (χ2v) is 11.5. The third kappa shape index (κ3) is 7.03.